The summed E-state index contributed by atoms with van der Waals surface area (Å²) in [6.45, 7) is 1.75. The zero-order chi connectivity index (χ0) is 18.2. The molecule has 128 valence electrons. The molecular weight excluding hydrogens is 336 g/mol. The van der Waals surface area contributed by atoms with Crippen molar-refractivity contribution < 1.29 is 14.3 Å². The lowest BCUT2D eigenvalue weighted by molar-refractivity contribution is -0.141. The Kier molecular flexibility index (Phi) is 6.61. The Morgan fingerprint density at radius 1 is 1.16 bits per heavy atom. The van der Waals surface area contributed by atoms with Crippen LogP contribution < -0.4 is 5.32 Å². The van der Waals surface area contributed by atoms with Gasteiger partial charge in [0.05, 0.1) is 24.7 Å². The minimum Gasteiger partial charge on any atom is -0.469 e. The van der Waals surface area contributed by atoms with Crippen molar-refractivity contribution in [2.24, 2.45) is 0 Å². The van der Waals surface area contributed by atoms with Crippen LogP contribution >= 0.6 is 11.8 Å². The molecule has 2 rings (SSSR count). The summed E-state index contributed by atoms with van der Waals surface area (Å²) < 4.78 is 4.61. The van der Waals surface area contributed by atoms with Gasteiger partial charge in [0, 0.05) is 15.8 Å². The van der Waals surface area contributed by atoms with E-state index >= 15 is 0 Å². The first-order valence-corrected chi connectivity index (χ1v) is 8.50. The fourth-order valence-electron chi connectivity index (χ4n) is 2.20. The van der Waals surface area contributed by atoms with Gasteiger partial charge < -0.3 is 10.1 Å². The average Bonchev–Trinajstić information content (AvgIpc) is 2.62. The van der Waals surface area contributed by atoms with Crippen LogP contribution in [-0.4, -0.2) is 25.0 Å². The molecule has 0 aliphatic rings. The highest BCUT2D eigenvalue weighted by atomic mass is 32.2. The molecule has 2 aromatic rings. The highest BCUT2D eigenvalue weighted by molar-refractivity contribution is 7.99. The van der Waals surface area contributed by atoms with Gasteiger partial charge >= 0.3 is 5.97 Å². The molecule has 0 aliphatic heterocycles. The van der Waals surface area contributed by atoms with Crippen LogP contribution in [-0.2, 0) is 9.53 Å². The second-order valence-corrected chi connectivity index (χ2v) is 6.44. The van der Waals surface area contributed by atoms with Crippen LogP contribution in [0.3, 0.4) is 0 Å². The molecule has 0 spiro atoms. The summed E-state index contributed by atoms with van der Waals surface area (Å²) in [5.41, 5.74) is 1.05. The molecular formula is C19H18N2O3S. The summed E-state index contributed by atoms with van der Waals surface area (Å²) in [6.07, 6.45) is 0.106. The number of esters is 1. The SMILES string of the molecule is COC(=O)CC(C)NC(=O)c1ccccc1Sc1ccccc1C#N. The van der Waals surface area contributed by atoms with E-state index < -0.39 is 0 Å². The fourth-order valence-corrected chi connectivity index (χ4v) is 3.22. The maximum absolute atomic E-state index is 12.5. The number of hydrogen-bond acceptors (Lipinski definition) is 5. The molecule has 1 N–H and O–H groups in total. The third-order valence-corrected chi connectivity index (χ3v) is 4.59. The quantitative estimate of drug-likeness (QED) is 0.805. The van der Waals surface area contributed by atoms with Crippen molar-refractivity contribution in [3.05, 3.63) is 59.7 Å². The number of carbonyl (C=O) groups is 2. The minimum atomic E-state index is -0.376. The number of amides is 1. The van der Waals surface area contributed by atoms with E-state index in [2.05, 4.69) is 16.1 Å². The lowest BCUT2D eigenvalue weighted by Gasteiger charge is -2.15. The van der Waals surface area contributed by atoms with Gasteiger partial charge in [0.25, 0.3) is 5.91 Å². The lowest BCUT2D eigenvalue weighted by Crippen LogP contribution is -2.34. The third kappa shape index (κ3) is 5.10. The molecule has 1 amide bonds. The summed E-state index contributed by atoms with van der Waals surface area (Å²) in [5, 5.41) is 12.0. The Bertz CT molecular complexity index is 814. The number of carbonyl (C=O) groups excluding carboxylic acids is 2. The van der Waals surface area contributed by atoms with Crippen molar-refractivity contribution in [3.8, 4) is 6.07 Å². The van der Waals surface area contributed by atoms with E-state index in [4.69, 9.17) is 0 Å². The van der Waals surface area contributed by atoms with Gasteiger partial charge in [-0.15, -0.1) is 0 Å². The summed E-state index contributed by atoms with van der Waals surface area (Å²) in [6, 6.07) is 16.2. The van der Waals surface area contributed by atoms with Crippen molar-refractivity contribution >= 4 is 23.6 Å². The number of nitrogens with one attached hydrogen (secondary N) is 1. The monoisotopic (exact) mass is 354 g/mol. The molecule has 1 unspecified atom stereocenters. The number of rotatable bonds is 6. The molecule has 0 saturated heterocycles. The Labute approximate surface area is 151 Å². The van der Waals surface area contributed by atoms with Crippen molar-refractivity contribution in [1.82, 2.24) is 5.32 Å². The number of nitrogens with zero attached hydrogens (tertiary/aromatic N) is 1. The van der Waals surface area contributed by atoms with Crippen LogP contribution in [0.15, 0.2) is 58.3 Å². The lowest BCUT2D eigenvalue weighted by atomic mass is 10.2. The Balaban J connectivity index is 2.19. The summed E-state index contributed by atoms with van der Waals surface area (Å²) >= 11 is 1.36. The van der Waals surface area contributed by atoms with Crippen LogP contribution in [0, 0.1) is 11.3 Å². The fraction of sp³-hybridized carbons (Fsp3) is 0.211. The maximum atomic E-state index is 12.5. The summed E-state index contributed by atoms with van der Waals surface area (Å²) in [5.74, 6) is -0.646. The van der Waals surface area contributed by atoms with Gasteiger partial charge in [-0.1, -0.05) is 36.0 Å². The number of benzene rings is 2. The van der Waals surface area contributed by atoms with E-state index in [-0.39, 0.29) is 24.3 Å². The first-order valence-electron chi connectivity index (χ1n) is 7.69. The molecule has 0 aliphatic carbocycles. The molecule has 1 atom stereocenters. The van der Waals surface area contributed by atoms with E-state index in [9.17, 15) is 14.9 Å². The molecule has 0 fully saturated rings. The molecule has 0 bridgehead atoms. The minimum absolute atomic E-state index is 0.106. The second kappa shape index (κ2) is 8.90. The highest BCUT2D eigenvalue weighted by Crippen LogP contribution is 2.32. The Hall–Kier alpha value is -2.78. The van der Waals surface area contributed by atoms with Crippen LogP contribution in [0.4, 0.5) is 0 Å². The van der Waals surface area contributed by atoms with Gasteiger partial charge in [0.1, 0.15) is 6.07 Å². The first-order chi connectivity index (χ1) is 12.0. The topological polar surface area (TPSA) is 79.2 Å². The predicted molar refractivity (Wildman–Crippen MR) is 95.3 cm³/mol. The molecule has 2 aromatic carbocycles. The van der Waals surface area contributed by atoms with Crippen molar-refractivity contribution in [3.63, 3.8) is 0 Å². The zero-order valence-electron chi connectivity index (χ0n) is 14.0. The molecule has 5 nitrogen and oxygen atoms in total. The van der Waals surface area contributed by atoms with E-state index in [1.54, 1.807) is 31.2 Å². The van der Waals surface area contributed by atoms with Gasteiger partial charge in [-0.3, -0.25) is 9.59 Å². The standard InChI is InChI=1S/C19H18N2O3S/c1-13(11-18(22)24-2)21-19(23)15-8-4-6-10-17(15)25-16-9-5-3-7-14(16)12-20/h3-10,13H,11H2,1-2H3,(H,21,23). The van der Waals surface area contributed by atoms with Crippen LogP contribution in [0.2, 0.25) is 0 Å². The van der Waals surface area contributed by atoms with Gasteiger partial charge in [0.2, 0.25) is 0 Å². The predicted octanol–water partition coefficient (Wildman–Crippen LogP) is 3.39. The Morgan fingerprint density at radius 2 is 1.80 bits per heavy atom. The van der Waals surface area contributed by atoms with Gasteiger partial charge in [-0.25, -0.2) is 0 Å². The number of methoxy groups -OCH3 is 1. The molecule has 25 heavy (non-hydrogen) atoms. The van der Waals surface area contributed by atoms with Gasteiger partial charge in [-0.05, 0) is 31.2 Å². The second-order valence-electron chi connectivity index (χ2n) is 5.36. The maximum Gasteiger partial charge on any atom is 0.307 e. The molecule has 0 radical (unpaired) electrons. The molecule has 0 heterocycles. The average molecular weight is 354 g/mol. The van der Waals surface area contributed by atoms with Crippen LogP contribution in [0.1, 0.15) is 29.3 Å². The van der Waals surface area contributed by atoms with Gasteiger partial charge in [0.15, 0.2) is 0 Å². The number of nitriles is 1. The zero-order valence-corrected chi connectivity index (χ0v) is 14.8. The van der Waals surface area contributed by atoms with Crippen LogP contribution in [0.5, 0.6) is 0 Å². The van der Waals surface area contributed by atoms with Crippen molar-refractivity contribution in [1.29, 1.82) is 5.26 Å². The van der Waals surface area contributed by atoms with Crippen molar-refractivity contribution in [2.75, 3.05) is 7.11 Å². The third-order valence-electron chi connectivity index (χ3n) is 3.44. The normalized spacial score (nSPS) is 11.2. The van der Waals surface area contributed by atoms with E-state index in [1.807, 2.05) is 24.3 Å². The van der Waals surface area contributed by atoms with E-state index in [1.165, 1.54) is 18.9 Å². The van der Waals surface area contributed by atoms with Crippen LogP contribution in [0.25, 0.3) is 0 Å². The molecule has 6 heteroatoms. The molecule has 0 aromatic heterocycles. The highest BCUT2D eigenvalue weighted by Gasteiger charge is 2.17. The largest absolute Gasteiger partial charge is 0.469 e. The Morgan fingerprint density at radius 3 is 2.48 bits per heavy atom. The van der Waals surface area contributed by atoms with E-state index in [0.717, 1.165) is 9.79 Å². The number of ether oxygens (including phenoxy) is 1. The summed E-state index contributed by atoms with van der Waals surface area (Å²) in [7, 11) is 1.31. The molecule has 0 saturated carbocycles. The first kappa shape index (κ1) is 18.6. The van der Waals surface area contributed by atoms with E-state index in [0.29, 0.717) is 11.1 Å². The van der Waals surface area contributed by atoms with Gasteiger partial charge in [-0.2, -0.15) is 5.26 Å². The summed E-state index contributed by atoms with van der Waals surface area (Å²) in [4.78, 5) is 25.4. The van der Waals surface area contributed by atoms with Crippen molar-refractivity contribution in [2.45, 2.75) is 29.2 Å². The number of hydrogen-bond donors (Lipinski definition) is 1. The smallest absolute Gasteiger partial charge is 0.307 e.